The van der Waals surface area contributed by atoms with Gasteiger partial charge in [0, 0.05) is 46.8 Å². The van der Waals surface area contributed by atoms with Crippen molar-refractivity contribution in [2.45, 2.75) is 23.1 Å². The average Bonchev–Trinajstić information content (AvgIpc) is 2.97. The highest BCUT2D eigenvalue weighted by molar-refractivity contribution is 7.98. The third kappa shape index (κ3) is 6.64. The van der Waals surface area contributed by atoms with Crippen LogP contribution >= 0.6 is 11.8 Å². The highest BCUT2D eigenvalue weighted by Gasteiger charge is 2.15. The Morgan fingerprint density at radius 1 is 0.703 bits per heavy atom. The zero-order valence-electron chi connectivity index (χ0n) is 20.6. The number of benzene rings is 3. The number of hydrogen-bond acceptors (Lipinski definition) is 5. The minimum atomic E-state index is -0.0108. The number of nitrogens with one attached hydrogen (secondary N) is 1. The number of pyridine rings is 2. The van der Waals surface area contributed by atoms with Gasteiger partial charge in [-0.3, -0.25) is 4.98 Å². The number of nitrogens with two attached hydrogens (primary N) is 1. The Morgan fingerprint density at radius 2 is 1.38 bits per heavy atom. The predicted octanol–water partition coefficient (Wildman–Crippen LogP) is 7.08. The minimum Gasteiger partial charge on any atom is -0.368 e. The SMILES string of the molecule is N[C@H](CNc1ccc(-c2ccccc2SCc2ccccc2)c(-c2ccncc2)n1)Cc1ccccc1. The normalized spacial score (nSPS) is 11.7. The van der Waals surface area contributed by atoms with E-state index in [1.807, 2.05) is 60.6 Å². The van der Waals surface area contributed by atoms with Crippen LogP contribution in [0, 0.1) is 0 Å². The van der Waals surface area contributed by atoms with Crippen molar-refractivity contribution in [3.05, 3.63) is 133 Å². The van der Waals surface area contributed by atoms with Gasteiger partial charge in [-0.25, -0.2) is 4.98 Å². The molecule has 4 nitrogen and oxygen atoms in total. The zero-order chi connectivity index (χ0) is 25.3. The molecule has 1 atom stereocenters. The van der Waals surface area contributed by atoms with E-state index in [-0.39, 0.29) is 6.04 Å². The van der Waals surface area contributed by atoms with Gasteiger partial charge in [-0.15, -0.1) is 11.8 Å². The van der Waals surface area contributed by atoms with Crippen LogP contribution in [0.1, 0.15) is 11.1 Å². The molecule has 0 amide bonds. The lowest BCUT2D eigenvalue weighted by atomic mass is 10.00. The van der Waals surface area contributed by atoms with E-state index in [0.717, 1.165) is 34.8 Å². The lowest BCUT2D eigenvalue weighted by Crippen LogP contribution is -2.31. The molecule has 0 radical (unpaired) electrons. The number of hydrogen-bond donors (Lipinski definition) is 2. The average molecular weight is 503 g/mol. The first-order valence-electron chi connectivity index (χ1n) is 12.5. The molecule has 184 valence electrons. The van der Waals surface area contributed by atoms with Gasteiger partial charge >= 0.3 is 0 Å². The summed E-state index contributed by atoms with van der Waals surface area (Å²) in [6.45, 7) is 0.639. The van der Waals surface area contributed by atoms with Gasteiger partial charge in [-0.1, -0.05) is 78.9 Å². The van der Waals surface area contributed by atoms with E-state index in [1.165, 1.54) is 21.6 Å². The first-order chi connectivity index (χ1) is 18.3. The first-order valence-corrected chi connectivity index (χ1v) is 13.5. The van der Waals surface area contributed by atoms with Crippen LogP contribution in [0.2, 0.25) is 0 Å². The largest absolute Gasteiger partial charge is 0.368 e. The maximum atomic E-state index is 6.42. The second-order valence-electron chi connectivity index (χ2n) is 8.93. The van der Waals surface area contributed by atoms with Crippen molar-refractivity contribution in [3.8, 4) is 22.4 Å². The molecule has 0 aliphatic rings. The summed E-state index contributed by atoms with van der Waals surface area (Å²) < 4.78 is 0. The summed E-state index contributed by atoms with van der Waals surface area (Å²) in [6.07, 6.45) is 4.44. The molecule has 0 aliphatic heterocycles. The first kappa shape index (κ1) is 24.8. The summed E-state index contributed by atoms with van der Waals surface area (Å²) in [7, 11) is 0. The van der Waals surface area contributed by atoms with Crippen LogP contribution in [0.3, 0.4) is 0 Å². The van der Waals surface area contributed by atoms with Crippen molar-refractivity contribution in [2.75, 3.05) is 11.9 Å². The van der Waals surface area contributed by atoms with Crippen LogP contribution in [0.15, 0.2) is 126 Å². The van der Waals surface area contributed by atoms with E-state index in [1.54, 1.807) is 0 Å². The number of anilines is 1. The Bertz CT molecular complexity index is 1410. The van der Waals surface area contributed by atoms with Gasteiger partial charge in [0.05, 0.1) is 5.69 Å². The molecule has 0 saturated carbocycles. The summed E-state index contributed by atoms with van der Waals surface area (Å²) in [5.41, 5.74) is 13.2. The van der Waals surface area contributed by atoms with Crippen LogP contribution in [0.4, 0.5) is 5.82 Å². The van der Waals surface area contributed by atoms with Crippen molar-refractivity contribution >= 4 is 17.6 Å². The number of nitrogens with zero attached hydrogens (tertiary/aromatic N) is 2. The van der Waals surface area contributed by atoms with Crippen LogP contribution in [-0.2, 0) is 12.2 Å². The molecule has 3 N–H and O–H groups in total. The van der Waals surface area contributed by atoms with Crippen LogP contribution in [0.25, 0.3) is 22.4 Å². The topological polar surface area (TPSA) is 63.8 Å². The smallest absolute Gasteiger partial charge is 0.126 e. The summed E-state index contributed by atoms with van der Waals surface area (Å²) in [5, 5.41) is 3.46. The lowest BCUT2D eigenvalue weighted by molar-refractivity contribution is 0.698. The molecule has 5 rings (SSSR count). The molecule has 0 aliphatic carbocycles. The van der Waals surface area contributed by atoms with Crippen LogP contribution in [-0.4, -0.2) is 22.6 Å². The maximum Gasteiger partial charge on any atom is 0.126 e. The molecule has 2 heterocycles. The lowest BCUT2D eigenvalue weighted by Gasteiger charge is -2.17. The Labute approximate surface area is 223 Å². The van der Waals surface area contributed by atoms with Crippen molar-refractivity contribution < 1.29 is 0 Å². The Hall–Kier alpha value is -3.93. The Morgan fingerprint density at radius 3 is 2.14 bits per heavy atom. The Kier molecular flexibility index (Phi) is 8.26. The monoisotopic (exact) mass is 502 g/mol. The zero-order valence-corrected chi connectivity index (χ0v) is 21.4. The van der Waals surface area contributed by atoms with E-state index >= 15 is 0 Å². The molecule has 5 heteroatoms. The Balaban J connectivity index is 1.40. The van der Waals surface area contributed by atoms with Gasteiger partial charge < -0.3 is 11.1 Å². The summed E-state index contributed by atoms with van der Waals surface area (Å²) in [4.78, 5) is 10.5. The van der Waals surface area contributed by atoms with Gasteiger partial charge in [-0.05, 0) is 53.4 Å². The molecule has 5 aromatic rings. The van der Waals surface area contributed by atoms with Gasteiger partial charge in [0.1, 0.15) is 5.82 Å². The second kappa shape index (κ2) is 12.3. The van der Waals surface area contributed by atoms with Crippen molar-refractivity contribution in [1.29, 1.82) is 0 Å². The van der Waals surface area contributed by atoms with E-state index in [4.69, 9.17) is 10.7 Å². The van der Waals surface area contributed by atoms with E-state index in [0.29, 0.717) is 6.54 Å². The van der Waals surface area contributed by atoms with E-state index < -0.39 is 0 Å². The molecule has 0 unspecified atom stereocenters. The predicted molar refractivity (Wildman–Crippen MR) is 156 cm³/mol. The van der Waals surface area contributed by atoms with Gasteiger partial charge in [0.2, 0.25) is 0 Å². The highest BCUT2D eigenvalue weighted by Crippen LogP contribution is 2.38. The summed E-state index contributed by atoms with van der Waals surface area (Å²) in [5.74, 6) is 1.72. The fourth-order valence-electron chi connectivity index (χ4n) is 4.28. The van der Waals surface area contributed by atoms with Crippen molar-refractivity contribution in [1.82, 2.24) is 9.97 Å². The van der Waals surface area contributed by atoms with Crippen LogP contribution < -0.4 is 11.1 Å². The highest BCUT2D eigenvalue weighted by atomic mass is 32.2. The molecule has 0 bridgehead atoms. The molecule has 37 heavy (non-hydrogen) atoms. The molecular weight excluding hydrogens is 472 g/mol. The summed E-state index contributed by atoms with van der Waals surface area (Å²) in [6, 6.07) is 37.7. The molecule has 2 aromatic heterocycles. The molecule has 0 saturated heterocycles. The van der Waals surface area contributed by atoms with Crippen molar-refractivity contribution in [2.24, 2.45) is 5.73 Å². The molecule has 3 aromatic carbocycles. The fourth-order valence-corrected chi connectivity index (χ4v) is 5.30. The minimum absolute atomic E-state index is 0.0108. The van der Waals surface area contributed by atoms with Crippen LogP contribution in [0.5, 0.6) is 0 Å². The standard InChI is InChI=1S/C32H30N4S/c33-27(21-24-9-3-1-4-10-24)22-35-31-16-15-29(32(36-31)26-17-19-34-20-18-26)28-13-7-8-14-30(28)37-23-25-11-5-2-6-12-25/h1-20,27H,21-23,33H2,(H,35,36)/t27-/m0/s1. The number of aromatic nitrogens is 2. The molecular formula is C32H30N4S. The molecule has 0 spiro atoms. The van der Waals surface area contributed by atoms with Gasteiger partial charge in [-0.2, -0.15) is 0 Å². The third-order valence-corrected chi connectivity index (χ3v) is 7.29. The molecule has 0 fully saturated rings. The maximum absolute atomic E-state index is 6.42. The quantitative estimate of drug-likeness (QED) is 0.200. The van der Waals surface area contributed by atoms with E-state index in [9.17, 15) is 0 Å². The summed E-state index contributed by atoms with van der Waals surface area (Å²) >= 11 is 1.85. The number of rotatable bonds is 10. The van der Waals surface area contributed by atoms with Crippen molar-refractivity contribution in [3.63, 3.8) is 0 Å². The fraction of sp³-hybridized carbons (Fsp3) is 0.125. The third-order valence-electron chi connectivity index (χ3n) is 6.15. The second-order valence-corrected chi connectivity index (χ2v) is 9.95. The van der Waals surface area contributed by atoms with Gasteiger partial charge in [0.15, 0.2) is 0 Å². The van der Waals surface area contributed by atoms with Gasteiger partial charge in [0.25, 0.3) is 0 Å². The number of thioether (sulfide) groups is 1. The van der Waals surface area contributed by atoms with E-state index in [2.05, 4.69) is 83.1 Å².